The second-order valence-corrected chi connectivity index (χ2v) is 4.16. The highest BCUT2D eigenvalue weighted by Crippen LogP contribution is 2.07. The lowest BCUT2D eigenvalue weighted by Crippen LogP contribution is -2.39. The van der Waals surface area contributed by atoms with Gasteiger partial charge in [0.1, 0.15) is 0 Å². The molecule has 1 unspecified atom stereocenters. The van der Waals surface area contributed by atoms with E-state index < -0.39 is 0 Å². The summed E-state index contributed by atoms with van der Waals surface area (Å²) in [5, 5.41) is 2.88. The number of carbonyl (C=O) groups is 1. The number of amides is 1. The fourth-order valence-corrected chi connectivity index (χ4v) is 1.49. The smallest absolute Gasteiger partial charge is 0.224 e. The number of hydrogen-bond acceptors (Lipinski definition) is 3. The average molecular weight is 221 g/mol. The molecule has 4 heteroatoms. The fraction of sp³-hybridized carbons (Fsp3) is 0.500. The lowest BCUT2D eigenvalue weighted by atomic mass is 9.99. The van der Waals surface area contributed by atoms with Gasteiger partial charge in [0.15, 0.2) is 0 Å². The van der Waals surface area contributed by atoms with E-state index in [0.29, 0.717) is 13.0 Å². The molecule has 0 saturated carbocycles. The Hall–Kier alpha value is -1.42. The summed E-state index contributed by atoms with van der Waals surface area (Å²) in [7, 11) is 0. The summed E-state index contributed by atoms with van der Waals surface area (Å²) < 4.78 is 0. The van der Waals surface area contributed by atoms with Crippen molar-refractivity contribution in [2.45, 2.75) is 26.3 Å². The van der Waals surface area contributed by atoms with Crippen LogP contribution in [-0.4, -0.2) is 23.5 Å². The van der Waals surface area contributed by atoms with Gasteiger partial charge in [0, 0.05) is 25.0 Å². The topological polar surface area (TPSA) is 68.0 Å². The normalized spacial score (nSPS) is 12.5. The molecule has 4 nitrogen and oxygen atoms in total. The Kier molecular flexibility index (Phi) is 4.92. The Labute approximate surface area is 96.3 Å². The number of hydrogen-bond donors (Lipinski definition) is 2. The van der Waals surface area contributed by atoms with Crippen molar-refractivity contribution in [2.75, 3.05) is 6.54 Å². The van der Waals surface area contributed by atoms with Gasteiger partial charge in [0.25, 0.3) is 0 Å². The number of rotatable bonds is 5. The molecule has 1 amide bonds. The Morgan fingerprint density at radius 1 is 1.44 bits per heavy atom. The number of nitrogens with zero attached hydrogens (tertiary/aromatic N) is 1. The van der Waals surface area contributed by atoms with Crippen LogP contribution >= 0.6 is 0 Å². The predicted octanol–water partition coefficient (Wildman–Crippen LogP) is 0.724. The third-order valence-electron chi connectivity index (χ3n) is 2.32. The van der Waals surface area contributed by atoms with Gasteiger partial charge in [-0.2, -0.15) is 0 Å². The van der Waals surface area contributed by atoms with Crippen LogP contribution in [0.1, 0.15) is 19.4 Å². The Morgan fingerprint density at radius 2 is 2.06 bits per heavy atom. The lowest BCUT2D eigenvalue weighted by Gasteiger charge is -2.16. The molecule has 1 aromatic heterocycles. The van der Waals surface area contributed by atoms with Crippen LogP contribution < -0.4 is 11.1 Å². The molecule has 1 atom stereocenters. The van der Waals surface area contributed by atoms with E-state index in [0.717, 1.165) is 5.56 Å². The van der Waals surface area contributed by atoms with Gasteiger partial charge in [-0.15, -0.1) is 0 Å². The summed E-state index contributed by atoms with van der Waals surface area (Å²) in [5.74, 6) is -0.140. The Balaban J connectivity index is 2.58. The maximum Gasteiger partial charge on any atom is 0.224 e. The number of pyridine rings is 1. The summed E-state index contributed by atoms with van der Waals surface area (Å²) in [6.07, 6.45) is 4.12. The van der Waals surface area contributed by atoms with Crippen molar-refractivity contribution < 1.29 is 4.79 Å². The van der Waals surface area contributed by atoms with E-state index in [4.69, 9.17) is 5.73 Å². The number of carbonyl (C=O) groups excluding carboxylic acids is 1. The van der Waals surface area contributed by atoms with Crippen LogP contribution in [0.4, 0.5) is 0 Å². The molecule has 0 fully saturated rings. The monoisotopic (exact) mass is 221 g/mol. The van der Waals surface area contributed by atoms with Gasteiger partial charge in [-0.05, 0) is 38.0 Å². The Bertz CT molecular complexity index is 324. The summed E-state index contributed by atoms with van der Waals surface area (Å²) in [4.78, 5) is 15.7. The van der Waals surface area contributed by atoms with Gasteiger partial charge in [-0.1, -0.05) is 0 Å². The molecule has 16 heavy (non-hydrogen) atoms. The molecule has 1 heterocycles. The Morgan fingerprint density at radius 3 is 2.56 bits per heavy atom. The molecule has 0 saturated heterocycles. The highest BCUT2D eigenvalue weighted by molar-refractivity contribution is 5.79. The van der Waals surface area contributed by atoms with E-state index in [1.54, 1.807) is 12.4 Å². The van der Waals surface area contributed by atoms with Crippen LogP contribution in [0.2, 0.25) is 0 Å². The van der Waals surface area contributed by atoms with E-state index in [1.165, 1.54) is 0 Å². The SMILES string of the molecule is CC(C)NC(=O)C(CN)Cc1ccncc1. The van der Waals surface area contributed by atoms with Gasteiger partial charge in [0.2, 0.25) is 5.91 Å². The van der Waals surface area contributed by atoms with Crippen molar-refractivity contribution in [3.05, 3.63) is 30.1 Å². The quantitative estimate of drug-likeness (QED) is 0.770. The van der Waals surface area contributed by atoms with Crippen molar-refractivity contribution in [1.29, 1.82) is 0 Å². The van der Waals surface area contributed by atoms with E-state index >= 15 is 0 Å². The zero-order valence-corrected chi connectivity index (χ0v) is 9.81. The maximum absolute atomic E-state index is 11.8. The first-order valence-electron chi connectivity index (χ1n) is 5.52. The van der Waals surface area contributed by atoms with E-state index in [-0.39, 0.29) is 17.9 Å². The molecule has 0 aliphatic rings. The molecular weight excluding hydrogens is 202 g/mol. The summed E-state index contributed by atoms with van der Waals surface area (Å²) in [6.45, 7) is 4.25. The maximum atomic E-state index is 11.8. The van der Waals surface area contributed by atoms with Gasteiger partial charge in [-0.25, -0.2) is 0 Å². The van der Waals surface area contributed by atoms with Gasteiger partial charge in [0.05, 0.1) is 5.92 Å². The second-order valence-electron chi connectivity index (χ2n) is 4.16. The van der Waals surface area contributed by atoms with Crippen molar-refractivity contribution in [1.82, 2.24) is 10.3 Å². The molecule has 1 rings (SSSR count). The zero-order valence-electron chi connectivity index (χ0n) is 9.81. The molecular formula is C12H19N3O. The molecule has 1 aromatic rings. The first-order valence-corrected chi connectivity index (χ1v) is 5.52. The molecule has 0 radical (unpaired) electrons. The summed E-state index contributed by atoms with van der Waals surface area (Å²) >= 11 is 0. The lowest BCUT2D eigenvalue weighted by molar-refractivity contribution is -0.125. The van der Waals surface area contributed by atoms with Gasteiger partial charge < -0.3 is 11.1 Å². The third kappa shape index (κ3) is 3.98. The van der Waals surface area contributed by atoms with Crippen molar-refractivity contribution in [3.8, 4) is 0 Å². The minimum Gasteiger partial charge on any atom is -0.354 e. The largest absolute Gasteiger partial charge is 0.354 e. The van der Waals surface area contributed by atoms with Crippen LogP contribution in [0.3, 0.4) is 0 Å². The van der Waals surface area contributed by atoms with Crippen LogP contribution in [0.15, 0.2) is 24.5 Å². The molecule has 0 bridgehead atoms. The van der Waals surface area contributed by atoms with E-state index in [9.17, 15) is 4.79 Å². The van der Waals surface area contributed by atoms with Crippen molar-refractivity contribution in [2.24, 2.45) is 11.7 Å². The third-order valence-corrected chi connectivity index (χ3v) is 2.32. The molecule has 0 spiro atoms. The van der Waals surface area contributed by atoms with Crippen LogP contribution in [0.5, 0.6) is 0 Å². The van der Waals surface area contributed by atoms with Crippen LogP contribution in [0.25, 0.3) is 0 Å². The number of aromatic nitrogens is 1. The van der Waals surface area contributed by atoms with Crippen molar-refractivity contribution >= 4 is 5.91 Å². The number of nitrogens with two attached hydrogens (primary N) is 1. The predicted molar refractivity (Wildman–Crippen MR) is 63.8 cm³/mol. The van der Waals surface area contributed by atoms with Gasteiger partial charge in [-0.3, -0.25) is 9.78 Å². The molecule has 88 valence electrons. The summed E-state index contributed by atoms with van der Waals surface area (Å²) in [5.41, 5.74) is 6.71. The summed E-state index contributed by atoms with van der Waals surface area (Å²) in [6, 6.07) is 3.97. The molecule has 3 N–H and O–H groups in total. The minimum absolute atomic E-state index is 0.0225. The second kappa shape index (κ2) is 6.23. The van der Waals surface area contributed by atoms with Crippen LogP contribution in [0, 0.1) is 5.92 Å². The van der Waals surface area contributed by atoms with E-state index in [2.05, 4.69) is 10.3 Å². The number of nitrogens with one attached hydrogen (secondary N) is 1. The van der Waals surface area contributed by atoms with Crippen LogP contribution in [-0.2, 0) is 11.2 Å². The zero-order chi connectivity index (χ0) is 12.0. The highest BCUT2D eigenvalue weighted by Gasteiger charge is 2.17. The molecule has 0 aliphatic heterocycles. The molecule has 0 aromatic carbocycles. The van der Waals surface area contributed by atoms with Gasteiger partial charge >= 0.3 is 0 Å². The molecule has 0 aliphatic carbocycles. The minimum atomic E-state index is -0.162. The first kappa shape index (κ1) is 12.6. The first-order chi connectivity index (χ1) is 7.63. The highest BCUT2D eigenvalue weighted by atomic mass is 16.1. The standard InChI is InChI=1S/C12H19N3O/c1-9(2)15-12(16)11(8-13)7-10-3-5-14-6-4-10/h3-6,9,11H,7-8,13H2,1-2H3,(H,15,16). The fourth-order valence-electron chi connectivity index (χ4n) is 1.49. The van der Waals surface area contributed by atoms with E-state index in [1.807, 2.05) is 26.0 Å². The van der Waals surface area contributed by atoms with Crippen molar-refractivity contribution in [3.63, 3.8) is 0 Å². The average Bonchev–Trinajstić information content (AvgIpc) is 2.26.